The molecule has 1 aromatic heterocycles. The molecule has 0 bridgehead atoms. The maximum Gasteiger partial charge on any atom is 0.247 e. The van der Waals surface area contributed by atoms with E-state index >= 15 is 0 Å². The van der Waals surface area contributed by atoms with Crippen molar-refractivity contribution in [1.29, 1.82) is 0 Å². The molecule has 3 aromatic rings. The Balaban J connectivity index is 0.950. The molecule has 398 valence electrons. The van der Waals surface area contributed by atoms with Crippen molar-refractivity contribution in [3.8, 4) is 0 Å². The van der Waals surface area contributed by atoms with Gasteiger partial charge < -0.3 is 50.8 Å². The summed E-state index contributed by atoms with van der Waals surface area (Å²) in [6, 6.07) is 16.7. The fourth-order valence-corrected chi connectivity index (χ4v) is 14.1. The number of benzene rings is 2. The Kier molecular flexibility index (Phi) is 19.8. The molecule has 21 heteroatoms. The summed E-state index contributed by atoms with van der Waals surface area (Å²) < 4.78 is 14.4. The number of ether oxygens (including phenoxy) is 2. The van der Waals surface area contributed by atoms with Crippen LogP contribution in [-0.4, -0.2) is 156 Å². The van der Waals surface area contributed by atoms with Crippen LogP contribution in [0.1, 0.15) is 103 Å². The van der Waals surface area contributed by atoms with E-state index in [1.165, 1.54) is 0 Å². The van der Waals surface area contributed by atoms with Crippen LogP contribution >= 0.6 is 48.0 Å². The van der Waals surface area contributed by atoms with Crippen LogP contribution in [-0.2, 0) is 41.8 Å². The van der Waals surface area contributed by atoms with Crippen molar-refractivity contribution >= 4 is 82.1 Å². The Morgan fingerprint density at radius 2 is 1.38 bits per heavy atom. The molecule has 0 unspecified atom stereocenters. The van der Waals surface area contributed by atoms with Crippen molar-refractivity contribution in [3.63, 3.8) is 0 Å². The van der Waals surface area contributed by atoms with Gasteiger partial charge in [0.25, 0.3) is 0 Å². The van der Waals surface area contributed by atoms with Crippen LogP contribution in [0.2, 0.25) is 0 Å². The second kappa shape index (κ2) is 25.5. The number of amides is 4. The van der Waals surface area contributed by atoms with E-state index in [-0.39, 0.29) is 60.4 Å². The number of carbonyl (C=O) groups excluding carboxylic acids is 4. The summed E-state index contributed by atoms with van der Waals surface area (Å²) in [5.74, 6) is 1.20. The first-order valence-corrected chi connectivity index (χ1v) is 28.4. The fourth-order valence-electron chi connectivity index (χ4n) is 10.4. The maximum atomic E-state index is 14.5. The fraction of sp³-hybridized carbons (Fsp3) is 0.615. The van der Waals surface area contributed by atoms with Crippen molar-refractivity contribution in [2.24, 2.45) is 10.8 Å². The third-order valence-corrected chi connectivity index (χ3v) is 18.1. The maximum absolute atomic E-state index is 14.5. The highest BCUT2D eigenvalue weighted by molar-refractivity contribution is 8.00. The number of fused-ring (bicyclic) bond motifs is 2. The molecule has 5 N–H and O–H groups in total. The average Bonchev–Trinajstić information content (AvgIpc) is 3.97. The van der Waals surface area contributed by atoms with Crippen LogP contribution in [0.5, 0.6) is 0 Å². The molecule has 7 rings (SSSR count). The smallest absolute Gasteiger partial charge is 0.247 e. The molecule has 4 saturated heterocycles. The molecule has 0 saturated carbocycles. The molecule has 73 heavy (non-hydrogen) atoms. The van der Waals surface area contributed by atoms with Crippen molar-refractivity contribution in [3.05, 3.63) is 83.7 Å². The molecule has 10 atom stereocenters. The Bertz CT molecular complexity index is 2360. The number of hydrogen-bond acceptors (Lipinski definition) is 14. The molecule has 17 nitrogen and oxygen atoms in total. The van der Waals surface area contributed by atoms with Gasteiger partial charge in [0, 0.05) is 18.6 Å². The lowest BCUT2D eigenvalue weighted by Crippen LogP contribution is -2.59. The first-order chi connectivity index (χ1) is 35.0. The minimum atomic E-state index is -0.676. The van der Waals surface area contributed by atoms with Gasteiger partial charge >= 0.3 is 0 Å². The van der Waals surface area contributed by atoms with Crippen molar-refractivity contribution in [2.45, 2.75) is 146 Å². The van der Waals surface area contributed by atoms with Crippen LogP contribution in [0.15, 0.2) is 66.9 Å². The van der Waals surface area contributed by atoms with E-state index in [1.54, 1.807) is 38.0 Å². The molecule has 2 aromatic carbocycles. The van der Waals surface area contributed by atoms with E-state index in [9.17, 15) is 19.2 Å². The number of carbonyl (C=O) groups is 4. The van der Waals surface area contributed by atoms with Crippen molar-refractivity contribution < 1.29 is 28.7 Å². The number of aromatic nitrogens is 3. The molecule has 0 spiro atoms. The van der Waals surface area contributed by atoms with E-state index in [0.29, 0.717) is 54.5 Å². The first kappa shape index (κ1) is 56.5. The average molecular weight is 1080 g/mol. The lowest BCUT2D eigenvalue weighted by atomic mass is 9.83. The Hall–Kier alpha value is -4.22. The van der Waals surface area contributed by atoms with E-state index < -0.39 is 47.2 Å². The second-order valence-electron chi connectivity index (χ2n) is 20.9. The van der Waals surface area contributed by atoms with Gasteiger partial charge in [-0.1, -0.05) is 118 Å². The molecular weight excluding hydrogens is 1000 g/mol. The molecule has 4 amide bonds. The summed E-state index contributed by atoms with van der Waals surface area (Å²) in [5.41, 5.74) is 1.55. The summed E-state index contributed by atoms with van der Waals surface area (Å²) in [7, 11) is 3.67. The van der Waals surface area contributed by atoms with Crippen LogP contribution in [0.3, 0.4) is 0 Å². The number of aryl methyl sites for hydroxylation is 1. The predicted molar refractivity (Wildman–Crippen MR) is 295 cm³/mol. The highest BCUT2D eigenvalue weighted by Crippen LogP contribution is 2.49. The Morgan fingerprint density at radius 3 is 1.97 bits per heavy atom. The highest BCUT2D eigenvalue weighted by Gasteiger charge is 2.56. The van der Waals surface area contributed by atoms with Crippen LogP contribution in [0, 0.1) is 10.8 Å². The molecule has 0 aliphatic carbocycles. The summed E-state index contributed by atoms with van der Waals surface area (Å²) in [4.78, 5) is 63.3. The number of thioether (sulfide) groups is 2. The highest BCUT2D eigenvalue weighted by atomic mass is 32.2. The van der Waals surface area contributed by atoms with E-state index in [4.69, 9.17) is 33.9 Å². The van der Waals surface area contributed by atoms with Gasteiger partial charge in [0.15, 0.2) is 0 Å². The van der Waals surface area contributed by atoms with Crippen molar-refractivity contribution in [1.82, 2.24) is 56.3 Å². The third kappa shape index (κ3) is 13.6. The van der Waals surface area contributed by atoms with Crippen LogP contribution < -0.4 is 26.6 Å². The van der Waals surface area contributed by atoms with Gasteiger partial charge in [-0.2, -0.15) is 0 Å². The van der Waals surface area contributed by atoms with Gasteiger partial charge in [0.2, 0.25) is 24.1 Å². The van der Waals surface area contributed by atoms with Crippen molar-refractivity contribution in [2.75, 3.05) is 45.4 Å². The van der Waals surface area contributed by atoms with Crippen LogP contribution in [0.25, 0.3) is 0 Å². The number of nitrogens with zero attached hydrogens (tertiary/aromatic N) is 6. The Labute approximate surface area is 450 Å². The van der Waals surface area contributed by atoms with E-state index in [1.807, 2.05) is 99.7 Å². The number of rotatable bonds is 23. The zero-order valence-corrected chi connectivity index (χ0v) is 46.7. The Morgan fingerprint density at radius 1 is 0.822 bits per heavy atom. The zero-order chi connectivity index (χ0) is 52.5. The predicted octanol–water partition coefficient (Wildman–Crippen LogP) is 5.18. The number of hydrogen-bond donors (Lipinski definition) is 5. The molecule has 0 radical (unpaired) electrons. The number of likely N-dealkylation sites (N-methyl/N-ethyl adjacent to an activating group) is 2. The standard InChI is InChI=1S/C52H75N11O6S4/c1-33(53-7)46(70)56-38-20-24-72-42-26-51(3,4)44(62(42)48(38)66)45(65)55-40(35-16-11-9-12-17-35)30-68-23-15-22-60-28-37(58-59-60)29-69-31-41(36-18-13-10-14-19-36)61(32-64)50-52(5,6)27-43-63(50)49(67)39(21-25-73-43)57-47(71)34(2)54-8/h9-14,16-19,28,32-34,38-44,50,53-54H,15,20-27,29-31H2,1-8H3,(H,55,65)(H,56,70)(H,57,71)/t33-,34-,38-,39-,40+,41+,42-,43-,44+,50-/m0/s1. The largest absolute Gasteiger partial charge is 0.379 e. The summed E-state index contributed by atoms with van der Waals surface area (Å²) in [5, 5.41) is 24.8. The summed E-state index contributed by atoms with van der Waals surface area (Å²) in [6.07, 6.45) is 5.50. The minimum Gasteiger partial charge on any atom is -0.379 e. The van der Waals surface area contributed by atoms with E-state index in [0.717, 1.165) is 35.5 Å². The van der Waals surface area contributed by atoms with Gasteiger partial charge in [-0.15, -0.1) is 28.6 Å². The van der Waals surface area contributed by atoms with Gasteiger partial charge in [-0.05, 0) is 88.1 Å². The normalized spacial score (nSPS) is 25.0. The van der Waals surface area contributed by atoms with Gasteiger partial charge in [-0.25, -0.2) is 0 Å². The molecular formula is C52H75N11O6S4. The number of nitrogens with one attached hydrogen (secondary N) is 5. The summed E-state index contributed by atoms with van der Waals surface area (Å²) >= 11 is 14.8. The second-order valence-corrected chi connectivity index (χ2v) is 24.3. The van der Waals surface area contributed by atoms with E-state index in [2.05, 4.69) is 64.6 Å². The summed E-state index contributed by atoms with van der Waals surface area (Å²) in [6.45, 7) is 13.8. The SMILES string of the molecule is CN[C@@H](C)C(=S)N[C@H]1CCS[C@H]2CC(C)(C)[C@@H](C(=O)N[C@H](COCCCn3cc(COC[C@H](c4ccccc4)N(C=O)[C@H]4N5C(=O)[C@@H](NC(=S)[C@H](C)NC)CCS[C@H]5CC4(C)C)nn3)c3ccccc3)N2C1=O. The molecule has 4 aliphatic rings. The topological polar surface area (TPSA) is 187 Å². The molecule has 4 aliphatic heterocycles. The van der Waals surface area contributed by atoms with Crippen LogP contribution in [0.4, 0.5) is 0 Å². The number of thiocarbonyl (C=S) groups is 2. The quantitative estimate of drug-likeness (QED) is 0.0475. The first-order valence-electron chi connectivity index (χ1n) is 25.5. The monoisotopic (exact) mass is 1080 g/mol. The van der Waals surface area contributed by atoms with Gasteiger partial charge in [-0.3, -0.25) is 23.9 Å². The minimum absolute atomic E-state index is 0.0585. The lowest BCUT2D eigenvalue weighted by molar-refractivity contribution is -0.147. The van der Waals surface area contributed by atoms with Gasteiger partial charge in [0.1, 0.15) is 30.0 Å². The van der Waals surface area contributed by atoms with Gasteiger partial charge in [0.05, 0.1) is 70.9 Å². The lowest BCUT2D eigenvalue weighted by Gasteiger charge is -2.44. The molecule has 4 fully saturated rings. The molecule has 5 heterocycles. The zero-order valence-electron chi connectivity index (χ0n) is 43.5. The third-order valence-electron chi connectivity index (χ3n) is 14.6.